The summed E-state index contributed by atoms with van der Waals surface area (Å²) < 4.78 is 3.59. The van der Waals surface area contributed by atoms with E-state index in [9.17, 15) is 0 Å². The number of benzene rings is 3. The Morgan fingerprint density at radius 1 is 0.529 bits per heavy atom. The second-order valence-electron chi connectivity index (χ2n) is 16.5. The lowest BCUT2D eigenvalue weighted by molar-refractivity contribution is 0.883. The Balaban J connectivity index is 0.000000462. The number of aryl methyl sites for hydroxylation is 1. The minimum absolute atomic E-state index is 0.925. The molecule has 0 unspecified atom stereocenters. The summed E-state index contributed by atoms with van der Waals surface area (Å²) in [4.78, 5) is 19.1. The third-order valence-electron chi connectivity index (χ3n) is 12.2. The highest BCUT2D eigenvalue weighted by Gasteiger charge is 2.24. The normalized spacial score (nSPS) is 12.7. The highest BCUT2D eigenvalue weighted by Crippen LogP contribution is 2.42. The van der Waals surface area contributed by atoms with Crippen LogP contribution in [0.3, 0.4) is 0 Å². The van der Waals surface area contributed by atoms with Gasteiger partial charge in [-0.05, 0) is 126 Å². The lowest BCUT2D eigenvalue weighted by Gasteiger charge is -2.12. The van der Waals surface area contributed by atoms with Crippen molar-refractivity contribution in [3.8, 4) is 33.6 Å². The number of allylic oxidation sites excluding steroid dienone is 6. The van der Waals surface area contributed by atoms with Crippen LogP contribution < -0.4 is 0 Å². The van der Waals surface area contributed by atoms with Crippen molar-refractivity contribution in [1.82, 2.24) is 24.5 Å². The summed E-state index contributed by atoms with van der Waals surface area (Å²) in [6, 6.07) is 45.7. The van der Waals surface area contributed by atoms with Crippen LogP contribution in [-0.2, 0) is 6.42 Å². The first-order valence-corrected chi connectivity index (χ1v) is 24.6. The van der Waals surface area contributed by atoms with Gasteiger partial charge in [-0.25, -0.2) is 0 Å². The summed E-state index contributed by atoms with van der Waals surface area (Å²) in [5.41, 5.74) is 28.9. The van der Waals surface area contributed by atoms with Gasteiger partial charge < -0.3 is 4.57 Å². The first-order chi connectivity index (χ1) is 34.7. The quantitative estimate of drug-likeness (QED) is 0.143. The fraction of sp³-hybridized carbons (Fsp3) is 0.0781. The van der Waals surface area contributed by atoms with Crippen LogP contribution >= 0.6 is 11.3 Å². The smallest absolute Gasteiger partial charge is 0.0708 e. The summed E-state index contributed by atoms with van der Waals surface area (Å²) in [5.74, 6) is 0. The van der Waals surface area contributed by atoms with Crippen molar-refractivity contribution < 1.29 is 0 Å². The number of nitrogens with zero attached hydrogens (tertiary/aromatic N) is 5. The molecular formula is C64H49N5S. The highest BCUT2D eigenvalue weighted by atomic mass is 32.1. The Bertz CT molecular complexity index is 3520. The largest absolute Gasteiger partial charge is 0.309 e. The molecule has 0 atom stereocenters. The molecule has 336 valence electrons. The van der Waals surface area contributed by atoms with Gasteiger partial charge in [0.05, 0.1) is 28.5 Å². The number of aromatic nitrogens is 5. The number of hydrogen-bond donors (Lipinski definition) is 0. The number of hydrogen-bond acceptors (Lipinski definition) is 5. The number of fused-ring (bicyclic) bond motifs is 6. The predicted molar refractivity (Wildman–Crippen MR) is 296 cm³/mol. The number of thiophene rings is 1. The highest BCUT2D eigenvalue weighted by molar-refractivity contribution is 7.20. The molecule has 0 aliphatic heterocycles. The summed E-state index contributed by atoms with van der Waals surface area (Å²) >= 11 is 1.79. The molecule has 3 aromatic carbocycles. The summed E-state index contributed by atoms with van der Waals surface area (Å²) in [5, 5.41) is 1.21. The second-order valence-corrected chi connectivity index (χ2v) is 17.5. The number of rotatable bonds is 8. The van der Waals surface area contributed by atoms with E-state index in [1.54, 1.807) is 11.3 Å². The Labute approximate surface area is 414 Å². The van der Waals surface area contributed by atoms with Crippen molar-refractivity contribution in [1.29, 1.82) is 0 Å². The molecule has 6 heteroatoms. The Morgan fingerprint density at radius 3 is 1.69 bits per heavy atom. The van der Waals surface area contributed by atoms with Gasteiger partial charge >= 0.3 is 0 Å². The Morgan fingerprint density at radius 2 is 1.13 bits per heavy atom. The molecule has 12 rings (SSSR count). The van der Waals surface area contributed by atoms with E-state index in [0.717, 1.165) is 90.5 Å². The molecule has 0 bridgehead atoms. The van der Waals surface area contributed by atoms with Gasteiger partial charge in [0.1, 0.15) is 0 Å². The molecule has 3 aliphatic carbocycles. The number of pyridine rings is 4. The first-order valence-electron chi connectivity index (χ1n) is 23.8. The maximum atomic E-state index is 4.69. The topological polar surface area (TPSA) is 56.5 Å². The predicted octanol–water partition coefficient (Wildman–Crippen LogP) is 16.6. The van der Waals surface area contributed by atoms with Crippen LogP contribution in [0.4, 0.5) is 0 Å². The van der Waals surface area contributed by atoms with E-state index >= 15 is 0 Å². The molecule has 3 aliphatic rings. The van der Waals surface area contributed by atoms with Crippen molar-refractivity contribution in [3.63, 3.8) is 0 Å². The van der Waals surface area contributed by atoms with Crippen molar-refractivity contribution in [2.24, 2.45) is 0 Å². The van der Waals surface area contributed by atoms with E-state index in [1.165, 1.54) is 32.6 Å². The van der Waals surface area contributed by atoms with Gasteiger partial charge in [0, 0.05) is 102 Å². The molecule has 5 nitrogen and oxygen atoms in total. The monoisotopic (exact) mass is 919 g/mol. The van der Waals surface area contributed by atoms with Crippen LogP contribution in [0, 0.1) is 0 Å². The fourth-order valence-electron chi connectivity index (χ4n) is 8.97. The zero-order valence-electron chi connectivity index (χ0n) is 39.3. The van der Waals surface area contributed by atoms with Crippen LogP contribution in [-0.4, -0.2) is 24.5 Å². The average Bonchev–Trinajstić information content (AvgIpc) is 3.58. The summed E-state index contributed by atoms with van der Waals surface area (Å²) in [7, 11) is 0. The molecule has 70 heavy (non-hydrogen) atoms. The standard InChI is InChI=1S/C54H32N4S.C8H11N.C2H6/c1-3-15-43(49-17-5-7-31-56-49)41(13-1)36-20-25-45-46-26-21-37(42-14-2-4-16-44(42)50-18-6-8-32-57-50)23-28-52(46)58(51(45)27-22-36)40-12-9-19-53-48(34-40)47-33-38(24-29-54(47)59-53)39-11-10-30-55-35-39;1-2-5-8-6-3-4-7-9-8;1-2/h1-8,10-19,22-35H;3-4,6-7H,2,5H2,1H3;1-2H3. The molecule has 6 heterocycles. The summed E-state index contributed by atoms with van der Waals surface area (Å²) in [6.07, 6.45) is 31.2. The molecule has 0 fully saturated rings. The van der Waals surface area contributed by atoms with E-state index in [2.05, 4.69) is 184 Å². The maximum Gasteiger partial charge on any atom is 0.0708 e. The zero-order valence-corrected chi connectivity index (χ0v) is 40.2. The third kappa shape index (κ3) is 9.28. The minimum atomic E-state index is 0.925. The van der Waals surface area contributed by atoms with Gasteiger partial charge in [0.2, 0.25) is 0 Å². The van der Waals surface area contributed by atoms with Gasteiger partial charge in [-0.2, -0.15) is 0 Å². The van der Waals surface area contributed by atoms with Gasteiger partial charge in [-0.15, -0.1) is 28.5 Å². The molecule has 0 N–H and O–H groups in total. The zero-order chi connectivity index (χ0) is 47.7. The molecule has 0 saturated heterocycles. The van der Waals surface area contributed by atoms with Crippen molar-refractivity contribution in [3.05, 3.63) is 250 Å². The van der Waals surface area contributed by atoms with Gasteiger partial charge in [0.25, 0.3) is 0 Å². The van der Waals surface area contributed by atoms with E-state index < -0.39 is 0 Å². The molecule has 0 spiro atoms. The van der Waals surface area contributed by atoms with Crippen molar-refractivity contribution in [2.45, 2.75) is 33.6 Å². The van der Waals surface area contributed by atoms with Crippen LogP contribution in [0.5, 0.6) is 0 Å². The molecule has 0 saturated carbocycles. The molecule has 9 aromatic rings. The van der Waals surface area contributed by atoms with E-state index in [1.807, 2.05) is 87.3 Å². The maximum absolute atomic E-state index is 4.69. The lowest BCUT2D eigenvalue weighted by atomic mass is 9.97. The van der Waals surface area contributed by atoms with E-state index in [4.69, 9.17) is 9.97 Å². The SMILES string of the molecule is C1=CC(n2c3c(c4c2C=CC(c2ccccc2-c2ccccn2)=C=C4)C=C=C(c2ccccc2-c2ccccn2)C=C3)=Cc2c(sc3ccc(-c4cccnc4)cc23)C=1.CC.CCCc1ccccn1. The van der Waals surface area contributed by atoms with Gasteiger partial charge in [-0.1, -0.05) is 106 Å². The van der Waals surface area contributed by atoms with Crippen LogP contribution in [0.2, 0.25) is 0 Å². The molecule has 0 radical (unpaired) electrons. The van der Waals surface area contributed by atoms with E-state index in [-0.39, 0.29) is 0 Å². The minimum Gasteiger partial charge on any atom is -0.309 e. The lowest BCUT2D eigenvalue weighted by Crippen LogP contribution is -2.00. The van der Waals surface area contributed by atoms with E-state index in [0.29, 0.717) is 0 Å². The van der Waals surface area contributed by atoms with Crippen molar-refractivity contribution in [2.75, 3.05) is 0 Å². The first kappa shape index (κ1) is 45.1. The third-order valence-corrected chi connectivity index (χ3v) is 13.3. The average molecular weight is 920 g/mol. The second kappa shape index (κ2) is 21.1. The molecular weight excluding hydrogens is 871 g/mol. The van der Waals surface area contributed by atoms with Gasteiger partial charge in [-0.3, -0.25) is 19.9 Å². The molecule has 0 amide bonds. The fourth-order valence-corrected chi connectivity index (χ4v) is 10.0. The van der Waals surface area contributed by atoms with Crippen LogP contribution in [0.1, 0.15) is 77.0 Å². The van der Waals surface area contributed by atoms with Crippen LogP contribution in [0.15, 0.2) is 200 Å². The Hall–Kier alpha value is -8.72. The molecule has 6 aromatic heterocycles. The van der Waals surface area contributed by atoms with Gasteiger partial charge in [0.15, 0.2) is 0 Å². The Kier molecular flexibility index (Phi) is 13.6. The van der Waals surface area contributed by atoms with Crippen LogP contribution in [0.25, 0.3) is 97.0 Å². The summed E-state index contributed by atoms with van der Waals surface area (Å²) in [6.45, 7) is 6.16. The van der Waals surface area contributed by atoms with Crippen molar-refractivity contribution >= 4 is 74.7 Å².